The molecule has 18 heavy (non-hydrogen) atoms. The third kappa shape index (κ3) is 2.87. The molecule has 0 atom stereocenters. The predicted molar refractivity (Wildman–Crippen MR) is 76.9 cm³/mol. The number of rotatable bonds is 3. The minimum atomic E-state index is 0.648. The maximum absolute atomic E-state index is 6.08. The molecule has 0 heterocycles. The van der Waals surface area contributed by atoms with Gasteiger partial charge in [-0.2, -0.15) is 0 Å². The smallest absolute Gasteiger partial charge is 0.122 e. The Morgan fingerprint density at radius 3 is 2.56 bits per heavy atom. The van der Waals surface area contributed by atoms with Gasteiger partial charge in [0.15, 0.2) is 0 Å². The van der Waals surface area contributed by atoms with E-state index in [1.54, 1.807) is 13.2 Å². The quantitative estimate of drug-likeness (QED) is 0.823. The first kappa shape index (κ1) is 12.6. The van der Waals surface area contributed by atoms with Gasteiger partial charge in [0.1, 0.15) is 5.75 Å². The first-order valence-corrected chi connectivity index (χ1v) is 5.94. The maximum atomic E-state index is 6.08. The van der Waals surface area contributed by atoms with Crippen LogP contribution in [0, 0.1) is 6.92 Å². The van der Waals surface area contributed by atoms with E-state index in [2.05, 4.69) is 5.32 Å². The number of ether oxygens (including phenoxy) is 1. The molecule has 0 aromatic heterocycles. The fraction of sp³-hybridized carbons (Fsp3) is 0.143. The Balaban J connectivity index is 2.27. The molecule has 3 nitrogen and oxygen atoms in total. The Bertz CT molecular complexity index is 570. The average molecular weight is 263 g/mol. The van der Waals surface area contributed by atoms with Crippen LogP contribution in [0.5, 0.6) is 5.75 Å². The Morgan fingerprint density at radius 1 is 1.11 bits per heavy atom. The summed E-state index contributed by atoms with van der Waals surface area (Å²) in [5.74, 6) is 0.718. The van der Waals surface area contributed by atoms with Crippen molar-refractivity contribution >= 4 is 28.7 Å². The van der Waals surface area contributed by atoms with Crippen LogP contribution < -0.4 is 15.8 Å². The van der Waals surface area contributed by atoms with Gasteiger partial charge in [0.25, 0.3) is 0 Å². The molecule has 0 saturated heterocycles. The molecular formula is C14H15ClN2O. The van der Waals surface area contributed by atoms with E-state index in [0.717, 1.165) is 27.7 Å². The summed E-state index contributed by atoms with van der Waals surface area (Å²) in [6.07, 6.45) is 0. The molecule has 0 fully saturated rings. The summed E-state index contributed by atoms with van der Waals surface area (Å²) in [7, 11) is 1.61. The lowest BCUT2D eigenvalue weighted by molar-refractivity contribution is 0.415. The van der Waals surface area contributed by atoms with Crippen LogP contribution in [0.1, 0.15) is 5.56 Å². The van der Waals surface area contributed by atoms with Crippen molar-refractivity contribution in [3.63, 3.8) is 0 Å². The summed E-state index contributed by atoms with van der Waals surface area (Å²) >= 11 is 6.08. The maximum Gasteiger partial charge on any atom is 0.122 e. The van der Waals surface area contributed by atoms with Crippen molar-refractivity contribution in [2.45, 2.75) is 6.92 Å². The number of benzene rings is 2. The average Bonchev–Trinajstić information content (AvgIpc) is 2.33. The topological polar surface area (TPSA) is 47.3 Å². The van der Waals surface area contributed by atoms with Gasteiger partial charge in [-0.05, 0) is 30.7 Å². The minimum absolute atomic E-state index is 0.648. The molecule has 0 bridgehead atoms. The van der Waals surface area contributed by atoms with Gasteiger partial charge in [-0.1, -0.05) is 17.7 Å². The fourth-order valence-corrected chi connectivity index (χ4v) is 1.83. The lowest BCUT2D eigenvalue weighted by Gasteiger charge is -2.10. The van der Waals surface area contributed by atoms with Crippen LogP contribution in [0.3, 0.4) is 0 Å². The Kier molecular flexibility index (Phi) is 3.63. The van der Waals surface area contributed by atoms with Gasteiger partial charge in [0.05, 0.1) is 7.11 Å². The predicted octanol–water partition coefficient (Wildman–Crippen LogP) is 3.98. The van der Waals surface area contributed by atoms with Crippen LogP contribution in [-0.2, 0) is 0 Å². The van der Waals surface area contributed by atoms with Gasteiger partial charge in [-0.3, -0.25) is 0 Å². The summed E-state index contributed by atoms with van der Waals surface area (Å²) < 4.78 is 5.17. The highest BCUT2D eigenvalue weighted by Crippen LogP contribution is 2.27. The molecule has 0 aliphatic carbocycles. The summed E-state index contributed by atoms with van der Waals surface area (Å²) in [6.45, 7) is 1.97. The number of hydrogen-bond acceptors (Lipinski definition) is 3. The lowest BCUT2D eigenvalue weighted by Crippen LogP contribution is -1.94. The van der Waals surface area contributed by atoms with Gasteiger partial charge in [0.2, 0.25) is 0 Å². The minimum Gasteiger partial charge on any atom is -0.497 e. The van der Waals surface area contributed by atoms with Crippen molar-refractivity contribution in [1.29, 1.82) is 0 Å². The zero-order valence-electron chi connectivity index (χ0n) is 10.3. The molecule has 2 aromatic rings. The third-order valence-electron chi connectivity index (χ3n) is 2.63. The summed E-state index contributed by atoms with van der Waals surface area (Å²) in [5, 5.41) is 3.98. The van der Waals surface area contributed by atoms with Crippen molar-refractivity contribution < 1.29 is 4.74 Å². The monoisotopic (exact) mass is 262 g/mol. The molecule has 0 aliphatic rings. The van der Waals surface area contributed by atoms with Gasteiger partial charge in [0, 0.05) is 34.2 Å². The van der Waals surface area contributed by atoms with Gasteiger partial charge in [-0.15, -0.1) is 0 Å². The highest BCUT2D eigenvalue weighted by molar-refractivity contribution is 6.31. The fourth-order valence-electron chi connectivity index (χ4n) is 1.65. The van der Waals surface area contributed by atoms with Crippen LogP contribution in [0.4, 0.5) is 17.1 Å². The van der Waals surface area contributed by atoms with E-state index in [1.807, 2.05) is 37.3 Å². The molecule has 2 aromatic carbocycles. The van der Waals surface area contributed by atoms with Crippen LogP contribution in [-0.4, -0.2) is 7.11 Å². The number of nitrogens with one attached hydrogen (secondary N) is 1. The number of methoxy groups -OCH3 is 1. The normalized spacial score (nSPS) is 10.2. The van der Waals surface area contributed by atoms with Crippen molar-refractivity contribution in [2.75, 3.05) is 18.2 Å². The second-order valence-electron chi connectivity index (χ2n) is 4.08. The highest BCUT2D eigenvalue weighted by atomic mass is 35.5. The molecule has 4 heteroatoms. The number of hydrogen-bond donors (Lipinski definition) is 2. The third-order valence-corrected chi connectivity index (χ3v) is 3.03. The van der Waals surface area contributed by atoms with E-state index in [-0.39, 0.29) is 0 Å². The molecule has 0 saturated carbocycles. The van der Waals surface area contributed by atoms with E-state index in [4.69, 9.17) is 22.1 Å². The van der Waals surface area contributed by atoms with Crippen molar-refractivity contribution in [2.24, 2.45) is 0 Å². The van der Waals surface area contributed by atoms with Crippen molar-refractivity contribution in [3.8, 4) is 5.75 Å². The number of halogens is 1. The first-order valence-electron chi connectivity index (χ1n) is 5.56. The number of anilines is 3. The molecule has 0 aliphatic heterocycles. The largest absolute Gasteiger partial charge is 0.497 e. The number of nitrogens with two attached hydrogens (primary N) is 1. The second-order valence-corrected chi connectivity index (χ2v) is 4.49. The standard InChI is InChI=1S/C14H15ClN2O/c1-9-3-4-11(8-14(9)15)17-12-5-10(16)6-13(7-12)18-2/h3-8,17H,16H2,1-2H3. The van der Waals surface area contributed by atoms with Crippen LogP contribution in [0.2, 0.25) is 5.02 Å². The first-order chi connectivity index (χ1) is 8.58. The molecular weight excluding hydrogens is 248 g/mol. The summed E-state index contributed by atoms with van der Waals surface area (Å²) in [4.78, 5) is 0. The zero-order valence-corrected chi connectivity index (χ0v) is 11.1. The molecule has 0 amide bonds. The summed E-state index contributed by atoms with van der Waals surface area (Å²) in [5.41, 5.74) is 9.28. The van der Waals surface area contributed by atoms with Crippen LogP contribution in [0.15, 0.2) is 36.4 Å². The summed E-state index contributed by atoms with van der Waals surface area (Å²) in [6, 6.07) is 11.3. The van der Waals surface area contributed by atoms with Crippen molar-refractivity contribution in [1.82, 2.24) is 0 Å². The van der Waals surface area contributed by atoms with Gasteiger partial charge >= 0.3 is 0 Å². The molecule has 3 N–H and O–H groups in total. The molecule has 0 radical (unpaired) electrons. The van der Waals surface area contributed by atoms with E-state index < -0.39 is 0 Å². The van der Waals surface area contributed by atoms with Gasteiger partial charge in [-0.25, -0.2) is 0 Å². The lowest BCUT2D eigenvalue weighted by atomic mass is 10.2. The van der Waals surface area contributed by atoms with E-state index in [9.17, 15) is 0 Å². The Labute approximate surface area is 112 Å². The molecule has 94 valence electrons. The molecule has 0 unspecified atom stereocenters. The van der Waals surface area contributed by atoms with Gasteiger partial charge < -0.3 is 15.8 Å². The van der Waals surface area contributed by atoms with E-state index in [1.165, 1.54) is 0 Å². The zero-order chi connectivity index (χ0) is 13.1. The van der Waals surface area contributed by atoms with Crippen LogP contribution >= 0.6 is 11.6 Å². The van der Waals surface area contributed by atoms with Crippen molar-refractivity contribution in [3.05, 3.63) is 47.0 Å². The number of aryl methyl sites for hydroxylation is 1. The second kappa shape index (κ2) is 5.19. The Hall–Kier alpha value is -1.87. The highest BCUT2D eigenvalue weighted by Gasteiger charge is 2.02. The van der Waals surface area contributed by atoms with E-state index >= 15 is 0 Å². The Morgan fingerprint density at radius 2 is 1.89 bits per heavy atom. The van der Waals surface area contributed by atoms with E-state index in [0.29, 0.717) is 5.69 Å². The van der Waals surface area contributed by atoms with Crippen LogP contribution in [0.25, 0.3) is 0 Å². The molecule has 2 rings (SSSR count). The molecule has 0 spiro atoms. The number of nitrogen functional groups attached to an aromatic ring is 1. The SMILES string of the molecule is COc1cc(N)cc(Nc2ccc(C)c(Cl)c2)c1.